The van der Waals surface area contributed by atoms with E-state index in [-0.39, 0.29) is 18.2 Å². The van der Waals surface area contributed by atoms with Gasteiger partial charge in [0.15, 0.2) is 0 Å². The fourth-order valence-electron chi connectivity index (χ4n) is 1.83. The molecular formula is C12H14N2O2. The molecule has 1 aromatic rings. The molecule has 0 saturated carbocycles. The number of imide groups is 1. The number of para-hydroxylation sites is 1. The molecule has 1 heterocycles. The van der Waals surface area contributed by atoms with Gasteiger partial charge in [0.2, 0.25) is 11.8 Å². The van der Waals surface area contributed by atoms with Crippen LogP contribution in [0.25, 0.3) is 0 Å². The summed E-state index contributed by atoms with van der Waals surface area (Å²) < 4.78 is 0. The summed E-state index contributed by atoms with van der Waals surface area (Å²) in [5, 5.41) is 5.39. The number of hydrogen-bond acceptors (Lipinski definition) is 3. The van der Waals surface area contributed by atoms with Crippen LogP contribution < -0.4 is 10.6 Å². The van der Waals surface area contributed by atoms with Crippen molar-refractivity contribution >= 4 is 17.5 Å². The molecule has 0 aliphatic carbocycles. The van der Waals surface area contributed by atoms with Crippen LogP contribution in [0.4, 0.5) is 5.69 Å². The Kier molecular flexibility index (Phi) is 2.90. The number of hydrogen-bond donors (Lipinski definition) is 2. The fraction of sp³-hybridized carbons (Fsp3) is 0.333. The lowest BCUT2D eigenvalue weighted by atomic mass is 10.1. The van der Waals surface area contributed by atoms with E-state index in [1.54, 1.807) is 0 Å². The van der Waals surface area contributed by atoms with Gasteiger partial charge in [-0.25, -0.2) is 0 Å². The average molecular weight is 218 g/mol. The van der Waals surface area contributed by atoms with Crippen molar-refractivity contribution in [2.45, 2.75) is 25.8 Å². The van der Waals surface area contributed by atoms with E-state index in [4.69, 9.17) is 0 Å². The summed E-state index contributed by atoms with van der Waals surface area (Å²) in [5.41, 5.74) is 2.08. The molecule has 4 nitrogen and oxygen atoms in total. The minimum absolute atomic E-state index is 0.212. The molecule has 4 heteroatoms. The highest BCUT2D eigenvalue weighted by Crippen LogP contribution is 2.18. The molecule has 0 bridgehead atoms. The lowest BCUT2D eigenvalue weighted by molar-refractivity contribution is -0.124. The molecule has 2 rings (SSSR count). The molecule has 1 atom stereocenters. The van der Waals surface area contributed by atoms with E-state index in [0.29, 0.717) is 0 Å². The Morgan fingerprint density at radius 2 is 2.12 bits per heavy atom. The van der Waals surface area contributed by atoms with Gasteiger partial charge in [-0.05, 0) is 18.1 Å². The van der Waals surface area contributed by atoms with Gasteiger partial charge in [-0.2, -0.15) is 0 Å². The summed E-state index contributed by atoms with van der Waals surface area (Å²) in [5.74, 6) is -0.451. The van der Waals surface area contributed by atoms with Crippen LogP contribution >= 0.6 is 0 Å². The summed E-state index contributed by atoms with van der Waals surface area (Å²) in [6, 6.07) is 7.38. The van der Waals surface area contributed by atoms with Crippen molar-refractivity contribution in [3.8, 4) is 0 Å². The molecule has 0 aromatic heterocycles. The van der Waals surface area contributed by atoms with Crippen LogP contribution in [0, 0.1) is 0 Å². The minimum atomic E-state index is -0.430. The normalized spacial score (nSPS) is 19.7. The molecule has 0 spiro atoms. The molecule has 0 radical (unpaired) electrons. The predicted octanol–water partition coefficient (Wildman–Crippen LogP) is 1.08. The van der Waals surface area contributed by atoms with Crippen LogP contribution in [-0.2, 0) is 16.0 Å². The average Bonchev–Trinajstić information content (AvgIpc) is 2.58. The first-order valence-electron chi connectivity index (χ1n) is 5.39. The number of carbonyl (C=O) groups is 2. The molecular weight excluding hydrogens is 204 g/mol. The topological polar surface area (TPSA) is 58.2 Å². The van der Waals surface area contributed by atoms with E-state index in [1.165, 1.54) is 0 Å². The van der Waals surface area contributed by atoms with Gasteiger partial charge in [0.1, 0.15) is 6.04 Å². The fourth-order valence-corrected chi connectivity index (χ4v) is 1.83. The molecule has 1 fully saturated rings. The smallest absolute Gasteiger partial charge is 0.249 e. The molecule has 1 unspecified atom stereocenters. The first-order valence-corrected chi connectivity index (χ1v) is 5.39. The number of anilines is 1. The molecule has 84 valence electrons. The van der Waals surface area contributed by atoms with Gasteiger partial charge in [-0.1, -0.05) is 25.1 Å². The molecule has 1 aliphatic rings. The van der Waals surface area contributed by atoms with E-state index >= 15 is 0 Å². The first kappa shape index (κ1) is 10.7. The van der Waals surface area contributed by atoms with E-state index in [0.717, 1.165) is 17.7 Å². The third kappa shape index (κ3) is 2.05. The van der Waals surface area contributed by atoms with Gasteiger partial charge < -0.3 is 5.32 Å². The highest BCUT2D eigenvalue weighted by molar-refractivity contribution is 6.06. The molecule has 1 aromatic carbocycles. The monoisotopic (exact) mass is 218 g/mol. The van der Waals surface area contributed by atoms with Crippen LogP contribution in [0.3, 0.4) is 0 Å². The zero-order chi connectivity index (χ0) is 11.5. The summed E-state index contributed by atoms with van der Waals surface area (Å²) >= 11 is 0. The van der Waals surface area contributed by atoms with E-state index in [9.17, 15) is 9.59 Å². The second-order valence-corrected chi connectivity index (χ2v) is 3.82. The number of amides is 2. The summed E-state index contributed by atoms with van der Waals surface area (Å²) in [7, 11) is 0. The second kappa shape index (κ2) is 4.35. The van der Waals surface area contributed by atoms with Crippen molar-refractivity contribution in [3.63, 3.8) is 0 Å². The Hall–Kier alpha value is -1.84. The van der Waals surface area contributed by atoms with Gasteiger partial charge in [-0.3, -0.25) is 14.9 Å². The van der Waals surface area contributed by atoms with Crippen molar-refractivity contribution in [1.29, 1.82) is 0 Å². The predicted molar refractivity (Wildman–Crippen MR) is 61.0 cm³/mol. The van der Waals surface area contributed by atoms with Gasteiger partial charge in [0.05, 0.1) is 6.42 Å². The van der Waals surface area contributed by atoms with Crippen LogP contribution in [0.15, 0.2) is 24.3 Å². The Balaban J connectivity index is 2.14. The number of nitrogens with one attached hydrogen (secondary N) is 2. The number of aryl methyl sites for hydroxylation is 1. The van der Waals surface area contributed by atoms with Crippen molar-refractivity contribution < 1.29 is 9.59 Å². The first-order chi connectivity index (χ1) is 7.70. The van der Waals surface area contributed by atoms with Crippen LogP contribution in [0.1, 0.15) is 18.9 Å². The van der Waals surface area contributed by atoms with Crippen molar-refractivity contribution in [3.05, 3.63) is 29.8 Å². The van der Waals surface area contributed by atoms with Crippen molar-refractivity contribution in [2.24, 2.45) is 0 Å². The maximum absolute atomic E-state index is 11.4. The Bertz CT molecular complexity index is 429. The Labute approximate surface area is 94.0 Å². The summed E-state index contributed by atoms with van der Waals surface area (Å²) in [6.07, 6.45) is 1.11. The molecule has 1 saturated heterocycles. The second-order valence-electron chi connectivity index (χ2n) is 3.82. The zero-order valence-electron chi connectivity index (χ0n) is 9.12. The Morgan fingerprint density at radius 3 is 2.75 bits per heavy atom. The van der Waals surface area contributed by atoms with Gasteiger partial charge in [-0.15, -0.1) is 0 Å². The highest BCUT2D eigenvalue weighted by atomic mass is 16.2. The molecule has 16 heavy (non-hydrogen) atoms. The van der Waals surface area contributed by atoms with Crippen LogP contribution in [0.5, 0.6) is 0 Å². The maximum atomic E-state index is 11.4. The quantitative estimate of drug-likeness (QED) is 0.746. The van der Waals surface area contributed by atoms with Gasteiger partial charge in [0.25, 0.3) is 0 Å². The highest BCUT2D eigenvalue weighted by Gasteiger charge is 2.30. The number of carbonyl (C=O) groups excluding carboxylic acids is 2. The van der Waals surface area contributed by atoms with E-state index < -0.39 is 6.04 Å². The standard InChI is InChI=1S/C12H14N2O2/c1-2-8-5-3-4-6-9(8)13-10-7-11(15)14-12(10)16/h3-6,10,13H,2,7H2,1H3,(H,14,15,16). The molecule has 2 N–H and O–H groups in total. The molecule has 2 amide bonds. The maximum Gasteiger partial charge on any atom is 0.249 e. The lowest BCUT2D eigenvalue weighted by Crippen LogP contribution is -2.30. The van der Waals surface area contributed by atoms with Gasteiger partial charge in [0, 0.05) is 5.69 Å². The number of rotatable bonds is 3. The lowest BCUT2D eigenvalue weighted by Gasteiger charge is -2.13. The zero-order valence-corrected chi connectivity index (χ0v) is 9.12. The van der Waals surface area contributed by atoms with Crippen LogP contribution in [0.2, 0.25) is 0 Å². The number of benzene rings is 1. The van der Waals surface area contributed by atoms with E-state index in [1.807, 2.05) is 24.3 Å². The van der Waals surface area contributed by atoms with Crippen LogP contribution in [-0.4, -0.2) is 17.9 Å². The molecule has 1 aliphatic heterocycles. The van der Waals surface area contributed by atoms with Gasteiger partial charge >= 0.3 is 0 Å². The Morgan fingerprint density at radius 1 is 1.38 bits per heavy atom. The SMILES string of the molecule is CCc1ccccc1NC1CC(=O)NC1=O. The largest absolute Gasteiger partial charge is 0.373 e. The van der Waals surface area contributed by atoms with Crippen molar-refractivity contribution in [1.82, 2.24) is 5.32 Å². The summed E-state index contributed by atoms with van der Waals surface area (Å²) in [6.45, 7) is 2.06. The van der Waals surface area contributed by atoms with E-state index in [2.05, 4.69) is 17.6 Å². The summed E-state index contributed by atoms with van der Waals surface area (Å²) in [4.78, 5) is 22.4. The third-order valence-corrected chi connectivity index (χ3v) is 2.70. The van der Waals surface area contributed by atoms with Crippen molar-refractivity contribution in [2.75, 3.05) is 5.32 Å². The third-order valence-electron chi connectivity index (χ3n) is 2.70. The minimum Gasteiger partial charge on any atom is -0.373 e.